The summed E-state index contributed by atoms with van der Waals surface area (Å²) in [6.07, 6.45) is 4.90. The zero-order valence-electron chi connectivity index (χ0n) is 10.4. The van der Waals surface area contributed by atoms with Crippen LogP contribution in [0.25, 0.3) is 0 Å². The van der Waals surface area contributed by atoms with Crippen LogP contribution in [-0.4, -0.2) is 44.1 Å². The maximum absolute atomic E-state index is 10.9. The highest BCUT2D eigenvalue weighted by atomic mass is 35.5. The van der Waals surface area contributed by atoms with E-state index in [9.17, 15) is 4.79 Å². The van der Waals surface area contributed by atoms with Gasteiger partial charge < -0.3 is 10.0 Å². The Morgan fingerprint density at radius 1 is 1.50 bits per heavy atom. The molecule has 0 radical (unpaired) electrons. The van der Waals surface area contributed by atoms with Gasteiger partial charge in [0.15, 0.2) is 0 Å². The SMILES string of the molecule is O=C(O)c1cnn(C2CCCN(c3nnc(Cl)s3)C2)c1. The summed E-state index contributed by atoms with van der Waals surface area (Å²) in [7, 11) is 0. The molecule has 7 nitrogen and oxygen atoms in total. The Morgan fingerprint density at radius 3 is 3.00 bits per heavy atom. The first-order valence-electron chi connectivity index (χ1n) is 6.15. The number of halogens is 1. The van der Waals surface area contributed by atoms with Gasteiger partial charge in [-0.1, -0.05) is 11.3 Å². The van der Waals surface area contributed by atoms with E-state index < -0.39 is 5.97 Å². The van der Waals surface area contributed by atoms with E-state index in [1.807, 2.05) is 0 Å². The van der Waals surface area contributed by atoms with Gasteiger partial charge in [0, 0.05) is 19.3 Å². The summed E-state index contributed by atoms with van der Waals surface area (Å²) >= 11 is 7.15. The predicted octanol–water partition coefficient (Wildman–Crippen LogP) is 1.93. The highest BCUT2D eigenvalue weighted by Gasteiger charge is 2.24. The highest BCUT2D eigenvalue weighted by Crippen LogP contribution is 2.29. The van der Waals surface area contributed by atoms with Crippen molar-refractivity contribution in [1.29, 1.82) is 0 Å². The summed E-state index contributed by atoms with van der Waals surface area (Å²) in [4.78, 5) is 13.0. The molecule has 3 rings (SSSR count). The van der Waals surface area contributed by atoms with Crippen molar-refractivity contribution in [2.45, 2.75) is 18.9 Å². The number of nitrogens with zero attached hydrogens (tertiary/aromatic N) is 5. The standard InChI is InChI=1S/C11H12ClN5O2S/c12-10-14-15-11(20-10)16-3-1-2-8(6-16)17-5-7(4-13-17)9(18)19/h4-5,8H,1-3,6H2,(H,18,19). The molecule has 0 aliphatic carbocycles. The molecular formula is C11H12ClN5O2S. The minimum Gasteiger partial charge on any atom is -0.478 e. The fraction of sp³-hybridized carbons (Fsp3) is 0.455. The first-order valence-corrected chi connectivity index (χ1v) is 7.34. The van der Waals surface area contributed by atoms with Crippen LogP contribution < -0.4 is 4.90 Å². The first kappa shape index (κ1) is 13.3. The van der Waals surface area contributed by atoms with Gasteiger partial charge in [0.1, 0.15) is 0 Å². The van der Waals surface area contributed by atoms with Crippen LogP contribution in [0.3, 0.4) is 0 Å². The lowest BCUT2D eigenvalue weighted by Gasteiger charge is -2.32. The maximum Gasteiger partial charge on any atom is 0.338 e. The van der Waals surface area contributed by atoms with E-state index in [2.05, 4.69) is 20.2 Å². The Bertz CT molecular complexity index is 628. The van der Waals surface area contributed by atoms with Crippen molar-refractivity contribution in [1.82, 2.24) is 20.0 Å². The van der Waals surface area contributed by atoms with Crippen LogP contribution in [0.4, 0.5) is 5.13 Å². The summed E-state index contributed by atoms with van der Waals surface area (Å²) < 4.78 is 2.15. The zero-order valence-corrected chi connectivity index (χ0v) is 12.0. The summed E-state index contributed by atoms with van der Waals surface area (Å²) in [6.45, 7) is 1.63. The molecule has 1 atom stereocenters. The number of hydrogen-bond acceptors (Lipinski definition) is 6. The average Bonchev–Trinajstić information content (AvgIpc) is 3.07. The van der Waals surface area contributed by atoms with E-state index in [4.69, 9.17) is 16.7 Å². The van der Waals surface area contributed by atoms with Crippen LogP contribution in [0.2, 0.25) is 4.47 Å². The van der Waals surface area contributed by atoms with E-state index in [0.717, 1.165) is 31.1 Å². The van der Waals surface area contributed by atoms with Gasteiger partial charge in [-0.25, -0.2) is 4.79 Å². The topological polar surface area (TPSA) is 84.1 Å². The van der Waals surface area contributed by atoms with Gasteiger partial charge in [-0.15, -0.1) is 10.2 Å². The molecule has 1 aliphatic heterocycles. The maximum atomic E-state index is 10.9. The lowest BCUT2D eigenvalue weighted by Crippen LogP contribution is -2.36. The average molecular weight is 314 g/mol. The number of piperidine rings is 1. The third-order valence-corrected chi connectivity index (χ3v) is 4.36. The summed E-state index contributed by atoms with van der Waals surface area (Å²) in [5, 5.41) is 21.7. The minimum atomic E-state index is -0.958. The fourth-order valence-corrected chi connectivity index (χ4v) is 3.17. The summed E-state index contributed by atoms with van der Waals surface area (Å²) in [5.41, 5.74) is 0.209. The van der Waals surface area contributed by atoms with Crippen LogP contribution in [0.1, 0.15) is 29.2 Å². The molecule has 0 spiro atoms. The summed E-state index contributed by atoms with van der Waals surface area (Å²) in [6, 6.07) is 0.138. The molecule has 0 aromatic carbocycles. The second-order valence-electron chi connectivity index (χ2n) is 4.59. The molecule has 1 aliphatic rings. The third-order valence-electron chi connectivity index (χ3n) is 3.28. The van der Waals surface area contributed by atoms with E-state index in [-0.39, 0.29) is 11.6 Å². The van der Waals surface area contributed by atoms with Gasteiger partial charge in [-0.3, -0.25) is 4.68 Å². The van der Waals surface area contributed by atoms with Gasteiger partial charge in [-0.05, 0) is 24.4 Å². The van der Waals surface area contributed by atoms with Crippen LogP contribution in [-0.2, 0) is 0 Å². The van der Waals surface area contributed by atoms with Crippen LogP contribution in [0.5, 0.6) is 0 Å². The number of hydrogen-bond donors (Lipinski definition) is 1. The summed E-state index contributed by atoms with van der Waals surface area (Å²) in [5.74, 6) is -0.958. The van der Waals surface area contributed by atoms with Crippen molar-refractivity contribution < 1.29 is 9.90 Å². The minimum absolute atomic E-state index is 0.138. The molecule has 2 aromatic rings. The van der Waals surface area contributed by atoms with E-state index in [1.165, 1.54) is 17.5 Å². The molecular weight excluding hydrogens is 302 g/mol. The molecule has 0 bridgehead atoms. The molecule has 106 valence electrons. The normalized spacial score (nSPS) is 19.2. The van der Waals surface area contributed by atoms with Crippen LogP contribution in [0.15, 0.2) is 12.4 Å². The van der Waals surface area contributed by atoms with Crippen molar-refractivity contribution >= 4 is 34.0 Å². The lowest BCUT2D eigenvalue weighted by molar-refractivity contribution is 0.0696. The quantitative estimate of drug-likeness (QED) is 0.932. The van der Waals surface area contributed by atoms with Gasteiger partial charge in [0.25, 0.3) is 0 Å². The first-order chi connectivity index (χ1) is 9.63. The fourth-order valence-electron chi connectivity index (χ4n) is 2.32. The van der Waals surface area contributed by atoms with Gasteiger partial charge in [-0.2, -0.15) is 5.10 Å². The van der Waals surface area contributed by atoms with Crippen molar-refractivity contribution in [2.24, 2.45) is 0 Å². The molecule has 9 heteroatoms. The molecule has 1 unspecified atom stereocenters. The van der Waals surface area contributed by atoms with E-state index in [0.29, 0.717) is 4.47 Å². The van der Waals surface area contributed by atoms with E-state index >= 15 is 0 Å². The second kappa shape index (κ2) is 5.37. The number of aromatic nitrogens is 4. The Kier molecular flexibility index (Phi) is 3.58. The number of carboxylic acid groups (broad SMARTS) is 1. The van der Waals surface area contributed by atoms with Gasteiger partial charge in [0.05, 0.1) is 17.8 Å². The van der Waals surface area contributed by atoms with Crippen molar-refractivity contribution in [3.8, 4) is 0 Å². The Labute approximate surface area is 123 Å². The number of anilines is 1. The Balaban J connectivity index is 1.75. The van der Waals surface area contributed by atoms with Gasteiger partial charge in [0.2, 0.25) is 9.60 Å². The smallest absolute Gasteiger partial charge is 0.338 e. The zero-order chi connectivity index (χ0) is 14.1. The monoisotopic (exact) mass is 313 g/mol. The molecule has 20 heavy (non-hydrogen) atoms. The lowest BCUT2D eigenvalue weighted by atomic mass is 10.1. The van der Waals surface area contributed by atoms with E-state index in [1.54, 1.807) is 10.9 Å². The Morgan fingerprint density at radius 2 is 2.35 bits per heavy atom. The van der Waals surface area contributed by atoms with Gasteiger partial charge >= 0.3 is 5.97 Å². The number of rotatable bonds is 3. The van der Waals surface area contributed by atoms with Crippen LogP contribution >= 0.6 is 22.9 Å². The van der Waals surface area contributed by atoms with Crippen molar-refractivity contribution in [3.63, 3.8) is 0 Å². The number of carbonyl (C=O) groups is 1. The molecule has 3 heterocycles. The number of aromatic carboxylic acids is 1. The van der Waals surface area contributed by atoms with Crippen LogP contribution in [0, 0.1) is 0 Å². The van der Waals surface area contributed by atoms with Crippen molar-refractivity contribution in [3.05, 3.63) is 22.4 Å². The highest BCUT2D eigenvalue weighted by molar-refractivity contribution is 7.19. The Hall–Kier alpha value is -1.67. The third kappa shape index (κ3) is 2.61. The molecule has 0 amide bonds. The molecule has 2 aromatic heterocycles. The molecule has 1 saturated heterocycles. The number of carboxylic acids is 1. The molecule has 0 saturated carbocycles. The molecule has 1 N–H and O–H groups in total. The second-order valence-corrected chi connectivity index (χ2v) is 6.13. The predicted molar refractivity (Wildman–Crippen MR) is 74.6 cm³/mol. The molecule has 1 fully saturated rings. The van der Waals surface area contributed by atoms with Crippen molar-refractivity contribution in [2.75, 3.05) is 18.0 Å². The largest absolute Gasteiger partial charge is 0.478 e.